The monoisotopic (exact) mass is 383 g/mol. The number of carbonyl (C=O) groups excluding carboxylic acids is 2. The molecule has 8 heteroatoms. The molecule has 28 heavy (non-hydrogen) atoms. The lowest BCUT2D eigenvalue weighted by molar-refractivity contribution is -0.123. The third-order valence-electron chi connectivity index (χ3n) is 4.04. The zero-order valence-electron chi connectivity index (χ0n) is 14.8. The molecular weight excluding hydrogens is 368 g/mol. The fourth-order valence-corrected chi connectivity index (χ4v) is 2.66. The number of alkyl halides is 1. The molecule has 0 bridgehead atoms. The summed E-state index contributed by atoms with van der Waals surface area (Å²) < 4.78 is 33.8. The van der Waals surface area contributed by atoms with E-state index in [1.807, 2.05) is 6.07 Å². The SMILES string of the molecule is Cc1cc(F)ccc1Oc1cc(C#N)ccc1C(=O)NC1(F)C=CNC(=O)C1. The van der Waals surface area contributed by atoms with Crippen molar-refractivity contribution in [3.8, 4) is 17.6 Å². The summed E-state index contributed by atoms with van der Waals surface area (Å²) in [5, 5.41) is 13.6. The van der Waals surface area contributed by atoms with E-state index in [-0.39, 0.29) is 22.6 Å². The van der Waals surface area contributed by atoms with E-state index < -0.39 is 29.8 Å². The Balaban J connectivity index is 1.93. The van der Waals surface area contributed by atoms with Crippen molar-refractivity contribution in [1.82, 2.24) is 10.6 Å². The zero-order valence-corrected chi connectivity index (χ0v) is 14.8. The molecule has 0 saturated heterocycles. The number of halogens is 2. The van der Waals surface area contributed by atoms with Gasteiger partial charge in [-0.2, -0.15) is 5.26 Å². The predicted molar refractivity (Wildman–Crippen MR) is 95.6 cm³/mol. The number of rotatable bonds is 4. The first-order valence-corrected chi connectivity index (χ1v) is 8.26. The molecule has 2 aromatic carbocycles. The average Bonchev–Trinajstić information content (AvgIpc) is 2.63. The van der Waals surface area contributed by atoms with Gasteiger partial charge in [0.15, 0.2) is 0 Å². The van der Waals surface area contributed by atoms with E-state index in [0.717, 1.165) is 12.3 Å². The minimum atomic E-state index is -2.35. The highest BCUT2D eigenvalue weighted by molar-refractivity contribution is 5.98. The Bertz CT molecular complexity index is 1030. The van der Waals surface area contributed by atoms with Crippen molar-refractivity contribution < 1.29 is 23.1 Å². The van der Waals surface area contributed by atoms with Gasteiger partial charge in [0.05, 0.1) is 23.6 Å². The molecular formula is C20H15F2N3O3. The van der Waals surface area contributed by atoms with Gasteiger partial charge in [0.25, 0.3) is 5.91 Å². The number of ether oxygens (including phenoxy) is 1. The molecule has 1 heterocycles. The van der Waals surface area contributed by atoms with Crippen LogP contribution >= 0.6 is 0 Å². The summed E-state index contributed by atoms with van der Waals surface area (Å²) in [5.74, 6) is -3.94. The van der Waals surface area contributed by atoms with Gasteiger partial charge in [-0.1, -0.05) is 0 Å². The Morgan fingerprint density at radius 2 is 2.07 bits per heavy atom. The van der Waals surface area contributed by atoms with Gasteiger partial charge in [-0.15, -0.1) is 0 Å². The first-order valence-electron chi connectivity index (χ1n) is 8.26. The van der Waals surface area contributed by atoms with Gasteiger partial charge in [-0.25, -0.2) is 8.78 Å². The predicted octanol–water partition coefficient (Wildman–Crippen LogP) is 3.23. The van der Waals surface area contributed by atoms with E-state index in [4.69, 9.17) is 10.00 Å². The second kappa shape index (κ2) is 7.48. The summed E-state index contributed by atoms with van der Waals surface area (Å²) in [5.41, 5.74) is 0.653. The maximum Gasteiger partial charge on any atom is 0.257 e. The van der Waals surface area contributed by atoms with Gasteiger partial charge >= 0.3 is 0 Å². The van der Waals surface area contributed by atoms with Crippen LogP contribution in [0.5, 0.6) is 11.5 Å². The van der Waals surface area contributed by atoms with Gasteiger partial charge < -0.3 is 15.4 Å². The minimum absolute atomic E-state index is 0.000835. The van der Waals surface area contributed by atoms with Crippen LogP contribution in [0.3, 0.4) is 0 Å². The van der Waals surface area contributed by atoms with Crippen molar-refractivity contribution in [2.24, 2.45) is 0 Å². The molecule has 1 atom stereocenters. The molecule has 2 N–H and O–H groups in total. The largest absolute Gasteiger partial charge is 0.456 e. The number of amides is 2. The maximum absolute atomic E-state index is 14.8. The van der Waals surface area contributed by atoms with Crippen LogP contribution in [0.1, 0.15) is 27.9 Å². The molecule has 0 radical (unpaired) electrons. The lowest BCUT2D eigenvalue weighted by Gasteiger charge is -2.25. The smallest absolute Gasteiger partial charge is 0.257 e. The van der Waals surface area contributed by atoms with Crippen LogP contribution in [-0.4, -0.2) is 17.6 Å². The molecule has 6 nitrogen and oxygen atoms in total. The van der Waals surface area contributed by atoms with Gasteiger partial charge in [0.2, 0.25) is 11.7 Å². The second-order valence-corrected chi connectivity index (χ2v) is 6.23. The number of aryl methyl sites for hydroxylation is 1. The van der Waals surface area contributed by atoms with Crippen LogP contribution in [0.25, 0.3) is 0 Å². The second-order valence-electron chi connectivity index (χ2n) is 6.23. The summed E-state index contributed by atoms with van der Waals surface area (Å²) in [7, 11) is 0. The number of hydrogen-bond acceptors (Lipinski definition) is 4. The molecule has 0 fully saturated rings. The highest BCUT2D eigenvalue weighted by Crippen LogP contribution is 2.30. The summed E-state index contributed by atoms with van der Waals surface area (Å²) in [6.45, 7) is 1.62. The molecule has 1 aliphatic heterocycles. The number of nitriles is 1. The average molecular weight is 383 g/mol. The van der Waals surface area contributed by atoms with Gasteiger partial charge in [-0.3, -0.25) is 9.59 Å². The number of nitrogens with zero attached hydrogens (tertiary/aromatic N) is 1. The number of nitrogens with one attached hydrogen (secondary N) is 2. The molecule has 0 aliphatic carbocycles. The maximum atomic E-state index is 14.8. The minimum Gasteiger partial charge on any atom is -0.456 e. The molecule has 142 valence electrons. The Morgan fingerprint density at radius 3 is 2.75 bits per heavy atom. The zero-order chi connectivity index (χ0) is 20.3. The Labute approximate surface area is 159 Å². The first-order chi connectivity index (χ1) is 13.3. The van der Waals surface area contributed by atoms with Crippen molar-refractivity contribution in [3.63, 3.8) is 0 Å². The van der Waals surface area contributed by atoms with Crippen LogP contribution in [0.4, 0.5) is 8.78 Å². The van der Waals surface area contributed by atoms with E-state index in [0.29, 0.717) is 5.56 Å². The van der Waals surface area contributed by atoms with E-state index in [1.54, 1.807) is 6.92 Å². The van der Waals surface area contributed by atoms with E-state index in [9.17, 15) is 18.4 Å². The third-order valence-corrected chi connectivity index (χ3v) is 4.04. The van der Waals surface area contributed by atoms with Crippen molar-refractivity contribution in [1.29, 1.82) is 5.26 Å². The molecule has 2 aromatic rings. The van der Waals surface area contributed by atoms with Crippen LogP contribution in [0.15, 0.2) is 48.7 Å². The highest BCUT2D eigenvalue weighted by atomic mass is 19.1. The lowest BCUT2D eigenvalue weighted by atomic mass is 10.1. The van der Waals surface area contributed by atoms with Crippen molar-refractivity contribution in [2.45, 2.75) is 19.1 Å². The van der Waals surface area contributed by atoms with Crippen LogP contribution in [0.2, 0.25) is 0 Å². The van der Waals surface area contributed by atoms with Crippen molar-refractivity contribution in [2.75, 3.05) is 0 Å². The van der Waals surface area contributed by atoms with E-state index >= 15 is 0 Å². The van der Waals surface area contributed by atoms with E-state index in [1.165, 1.54) is 36.4 Å². The molecule has 1 unspecified atom stereocenters. The lowest BCUT2D eigenvalue weighted by Crippen LogP contribution is -2.48. The summed E-state index contributed by atoms with van der Waals surface area (Å²) in [4.78, 5) is 24.0. The summed E-state index contributed by atoms with van der Waals surface area (Å²) in [6, 6.07) is 9.79. The van der Waals surface area contributed by atoms with Gasteiger partial charge in [0, 0.05) is 6.20 Å². The molecule has 0 saturated carbocycles. The fraction of sp³-hybridized carbons (Fsp3) is 0.150. The normalized spacial score (nSPS) is 18.1. The number of carbonyl (C=O) groups is 2. The summed E-state index contributed by atoms with van der Waals surface area (Å²) in [6.07, 6.45) is 1.57. The topological polar surface area (TPSA) is 91.2 Å². The Morgan fingerprint density at radius 1 is 1.29 bits per heavy atom. The molecule has 0 aromatic heterocycles. The Hall–Kier alpha value is -3.73. The standard InChI is InChI=1S/C20H15F2N3O3/c1-12-8-14(21)3-5-16(12)28-17-9-13(11-23)2-4-15(17)19(27)25-20(22)6-7-24-18(26)10-20/h2-9H,10H2,1H3,(H,24,26)(H,25,27). The molecule has 2 amide bonds. The molecule has 0 spiro atoms. The van der Waals surface area contributed by atoms with E-state index in [2.05, 4.69) is 10.6 Å². The van der Waals surface area contributed by atoms with Crippen LogP contribution in [-0.2, 0) is 4.79 Å². The Kier molecular flexibility index (Phi) is 5.09. The fourth-order valence-electron chi connectivity index (χ4n) is 2.66. The number of benzene rings is 2. The number of hydrogen-bond donors (Lipinski definition) is 2. The quantitative estimate of drug-likeness (QED) is 0.793. The van der Waals surface area contributed by atoms with Crippen LogP contribution < -0.4 is 15.4 Å². The van der Waals surface area contributed by atoms with Crippen molar-refractivity contribution >= 4 is 11.8 Å². The third kappa shape index (κ3) is 4.15. The molecule has 1 aliphatic rings. The van der Waals surface area contributed by atoms with Gasteiger partial charge in [-0.05, 0) is 55.0 Å². The highest BCUT2D eigenvalue weighted by Gasteiger charge is 2.35. The first kappa shape index (κ1) is 19.0. The van der Waals surface area contributed by atoms with Crippen molar-refractivity contribution in [3.05, 3.63) is 71.2 Å². The molecule has 3 rings (SSSR count). The van der Waals surface area contributed by atoms with Gasteiger partial charge in [0.1, 0.15) is 17.3 Å². The van der Waals surface area contributed by atoms with Crippen LogP contribution in [0, 0.1) is 24.1 Å². The summed E-state index contributed by atoms with van der Waals surface area (Å²) >= 11 is 0.